The van der Waals surface area contributed by atoms with Crippen LogP contribution in [0.2, 0.25) is 0 Å². The highest BCUT2D eigenvalue weighted by atomic mass is 19.1. The lowest BCUT2D eigenvalue weighted by Crippen LogP contribution is -1.99. The molecule has 0 aliphatic rings. The van der Waals surface area contributed by atoms with Crippen molar-refractivity contribution in [2.24, 2.45) is 0 Å². The van der Waals surface area contributed by atoms with E-state index in [1.54, 1.807) is 18.2 Å². The van der Waals surface area contributed by atoms with E-state index in [2.05, 4.69) is 11.9 Å². The molecule has 4 heteroatoms. The number of aromatic nitrogens is 2. The van der Waals surface area contributed by atoms with E-state index >= 15 is 0 Å². The molecule has 0 spiro atoms. The first kappa shape index (κ1) is 12.7. The highest BCUT2D eigenvalue weighted by Gasteiger charge is 2.15. The standard InChI is InChI=1S/C16H15FN2O/c1-2-9-19-14-8-7-11(17)10-13(14)18-16(19)12-5-3-4-6-15(12)20/h3-8,10,20H,2,9H2,1H3. The largest absolute Gasteiger partial charge is 0.507 e. The van der Waals surface area contributed by atoms with Gasteiger partial charge in [-0.05, 0) is 30.7 Å². The lowest BCUT2D eigenvalue weighted by atomic mass is 10.2. The fourth-order valence-corrected chi connectivity index (χ4v) is 2.42. The van der Waals surface area contributed by atoms with E-state index in [1.165, 1.54) is 12.1 Å². The van der Waals surface area contributed by atoms with Gasteiger partial charge in [-0.2, -0.15) is 0 Å². The summed E-state index contributed by atoms with van der Waals surface area (Å²) < 4.78 is 15.4. The fourth-order valence-electron chi connectivity index (χ4n) is 2.42. The predicted octanol–water partition coefficient (Wildman–Crippen LogP) is 3.96. The van der Waals surface area contributed by atoms with Gasteiger partial charge < -0.3 is 9.67 Å². The second kappa shape index (κ2) is 4.96. The number of hydrogen-bond acceptors (Lipinski definition) is 2. The summed E-state index contributed by atoms with van der Waals surface area (Å²) in [5, 5.41) is 10.0. The van der Waals surface area contributed by atoms with Gasteiger partial charge in [0.25, 0.3) is 0 Å². The Morgan fingerprint density at radius 3 is 2.75 bits per heavy atom. The third kappa shape index (κ3) is 2.03. The molecule has 0 saturated carbocycles. The first-order chi connectivity index (χ1) is 9.70. The van der Waals surface area contributed by atoms with Gasteiger partial charge in [-0.3, -0.25) is 0 Å². The maximum absolute atomic E-state index is 13.3. The molecule has 0 bridgehead atoms. The SMILES string of the molecule is CCCn1c(-c2ccccc2O)nc2cc(F)ccc21. The second-order valence-electron chi connectivity index (χ2n) is 4.74. The van der Waals surface area contributed by atoms with Crippen LogP contribution in [0.15, 0.2) is 42.5 Å². The Balaban J connectivity index is 2.29. The Bertz CT molecular complexity index is 764. The average molecular weight is 270 g/mol. The molecule has 102 valence electrons. The van der Waals surface area contributed by atoms with Crippen LogP contribution >= 0.6 is 0 Å². The van der Waals surface area contributed by atoms with Crippen molar-refractivity contribution >= 4 is 11.0 Å². The van der Waals surface area contributed by atoms with Gasteiger partial charge in [0.05, 0.1) is 16.6 Å². The number of para-hydroxylation sites is 1. The third-order valence-corrected chi connectivity index (χ3v) is 3.30. The van der Waals surface area contributed by atoms with Crippen LogP contribution in [-0.4, -0.2) is 14.7 Å². The summed E-state index contributed by atoms with van der Waals surface area (Å²) in [6, 6.07) is 11.7. The van der Waals surface area contributed by atoms with Crippen LogP contribution in [0.5, 0.6) is 5.75 Å². The number of benzene rings is 2. The molecule has 0 saturated heterocycles. The molecule has 0 unspecified atom stereocenters. The Labute approximate surface area is 116 Å². The number of rotatable bonds is 3. The quantitative estimate of drug-likeness (QED) is 0.782. The molecule has 20 heavy (non-hydrogen) atoms. The monoisotopic (exact) mass is 270 g/mol. The summed E-state index contributed by atoms with van der Waals surface area (Å²) in [6.45, 7) is 2.84. The second-order valence-corrected chi connectivity index (χ2v) is 4.74. The van der Waals surface area contributed by atoms with Crippen LogP contribution < -0.4 is 0 Å². The molecular formula is C16H15FN2O. The van der Waals surface area contributed by atoms with Crippen LogP contribution in [0.3, 0.4) is 0 Å². The van der Waals surface area contributed by atoms with Crippen LogP contribution in [0.4, 0.5) is 4.39 Å². The van der Waals surface area contributed by atoms with Crippen molar-refractivity contribution in [1.82, 2.24) is 9.55 Å². The number of hydrogen-bond donors (Lipinski definition) is 1. The van der Waals surface area contributed by atoms with Gasteiger partial charge in [-0.1, -0.05) is 19.1 Å². The lowest BCUT2D eigenvalue weighted by molar-refractivity contribution is 0.476. The molecule has 0 radical (unpaired) electrons. The number of aryl methyl sites for hydroxylation is 1. The molecule has 0 aliphatic carbocycles. The van der Waals surface area contributed by atoms with Crippen molar-refractivity contribution in [3.05, 3.63) is 48.3 Å². The minimum Gasteiger partial charge on any atom is -0.507 e. The molecule has 3 nitrogen and oxygen atoms in total. The Hall–Kier alpha value is -2.36. The Kier molecular flexibility index (Phi) is 3.14. The van der Waals surface area contributed by atoms with Crippen LogP contribution in [0.1, 0.15) is 13.3 Å². The maximum atomic E-state index is 13.3. The van der Waals surface area contributed by atoms with Crippen LogP contribution in [0.25, 0.3) is 22.4 Å². The van der Waals surface area contributed by atoms with Gasteiger partial charge >= 0.3 is 0 Å². The first-order valence-corrected chi connectivity index (χ1v) is 6.65. The maximum Gasteiger partial charge on any atom is 0.144 e. The van der Waals surface area contributed by atoms with E-state index in [9.17, 15) is 9.50 Å². The van der Waals surface area contributed by atoms with E-state index in [1.807, 2.05) is 16.7 Å². The number of aromatic hydroxyl groups is 1. The zero-order valence-electron chi connectivity index (χ0n) is 11.2. The van der Waals surface area contributed by atoms with E-state index < -0.39 is 0 Å². The zero-order valence-corrected chi connectivity index (χ0v) is 11.2. The van der Waals surface area contributed by atoms with Gasteiger partial charge in [0.2, 0.25) is 0 Å². The van der Waals surface area contributed by atoms with Gasteiger partial charge in [0.1, 0.15) is 17.4 Å². The summed E-state index contributed by atoms with van der Waals surface area (Å²) in [4.78, 5) is 4.49. The zero-order chi connectivity index (χ0) is 14.1. The number of halogens is 1. The summed E-state index contributed by atoms with van der Waals surface area (Å²) in [5.74, 6) is 0.550. The normalized spacial score (nSPS) is 11.1. The molecule has 3 aromatic rings. The Morgan fingerprint density at radius 2 is 2.00 bits per heavy atom. The number of nitrogens with zero attached hydrogens (tertiary/aromatic N) is 2. The molecule has 1 heterocycles. The first-order valence-electron chi connectivity index (χ1n) is 6.65. The minimum absolute atomic E-state index is 0.181. The molecular weight excluding hydrogens is 255 g/mol. The average Bonchev–Trinajstić information content (AvgIpc) is 2.77. The van der Waals surface area contributed by atoms with E-state index in [0.717, 1.165) is 18.5 Å². The molecule has 0 aliphatic heterocycles. The summed E-state index contributed by atoms with van der Waals surface area (Å²) in [5.41, 5.74) is 2.15. The minimum atomic E-state index is -0.303. The molecule has 0 amide bonds. The van der Waals surface area contributed by atoms with Crippen molar-refractivity contribution in [2.75, 3.05) is 0 Å². The lowest BCUT2D eigenvalue weighted by Gasteiger charge is -2.08. The van der Waals surface area contributed by atoms with Crippen molar-refractivity contribution in [2.45, 2.75) is 19.9 Å². The van der Waals surface area contributed by atoms with Crippen molar-refractivity contribution in [1.29, 1.82) is 0 Å². The van der Waals surface area contributed by atoms with Crippen molar-refractivity contribution < 1.29 is 9.50 Å². The molecule has 3 rings (SSSR count). The van der Waals surface area contributed by atoms with Gasteiger partial charge in [-0.15, -0.1) is 0 Å². The number of phenolic OH excluding ortho intramolecular Hbond substituents is 1. The smallest absolute Gasteiger partial charge is 0.144 e. The van der Waals surface area contributed by atoms with Crippen LogP contribution in [-0.2, 0) is 6.54 Å². The molecule has 1 aromatic heterocycles. The van der Waals surface area contributed by atoms with E-state index in [0.29, 0.717) is 16.9 Å². The van der Waals surface area contributed by atoms with E-state index in [4.69, 9.17) is 0 Å². The number of imidazole rings is 1. The van der Waals surface area contributed by atoms with Gasteiger partial charge in [-0.25, -0.2) is 9.37 Å². The number of phenols is 1. The highest BCUT2D eigenvalue weighted by molar-refractivity contribution is 5.82. The summed E-state index contributed by atoms with van der Waals surface area (Å²) >= 11 is 0. The molecule has 0 atom stereocenters. The van der Waals surface area contributed by atoms with Gasteiger partial charge in [0, 0.05) is 12.6 Å². The topological polar surface area (TPSA) is 38.0 Å². The molecule has 1 N–H and O–H groups in total. The van der Waals surface area contributed by atoms with Gasteiger partial charge in [0.15, 0.2) is 0 Å². The summed E-state index contributed by atoms with van der Waals surface area (Å²) in [7, 11) is 0. The highest BCUT2D eigenvalue weighted by Crippen LogP contribution is 2.31. The Morgan fingerprint density at radius 1 is 1.20 bits per heavy atom. The number of fused-ring (bicyclic) bond motifs is 1. The fraction of sp³-hybridized carbons (Fsp3) is 0.188. The predicted molar refractivity (Wildman–Crippen MR) is 77.1 cm³/mol. The van der Waals surface area contributed by atoms with Crippen molar-refractivity contribution in [3.63, 3.8) is 0 Å². The third-order valence-electron chi connectivity index (χ3n) is 3.30. The van der Waals surface area contributed by atoms with E-state index in [-0.39, 0.29) is 11.6 Å². The molecule has 2 aromatic carbocycles. The molecule has 0 fully saturated rings. The summed E-state index contributed by atoms with van der Waals surface area (Å²) in [6.07, 6.45) is 0.934. The van der Waals surface area contributed by atoms with Crippen molar-refractivity contribution in [3.8, 4) is 17.1 Å². The van der Waals surface area contributed by atoms with Crippen LogP contribution in [0, 0.1) is 5.82 Å².